The molecule has 3 rings (SSSR count). The van der Waals surface area contributed by atoms with Crippen LogP contribution in [0.2, 0.25) is 0 Å². The van der Waals surface area contributed by atoms with Gasteiger partial charge in [0, 0.05) is 36.8 Å². The summed E-state index contributed by atoms with van der Waals surface area (Å²) in [5.41, 5.74) is 2.38. The highest BCUT2D eigenvalue weighted by Gasteiger charge is 2.22. The van der Waals surface area contributed by atoms with E-state index in [9.17, 15) is 5.11 Å². The number of hydrogen-bond donors (Lipinski definition) is 3. The number of hydrogen-bond acceptors (Lipinski definition) is 4. The van der Waals surface area contributed by atoms with Gasteiger partial charge in [0.2, 0.25) is 0 Å². The molecule has 1 fully saturated rings. The molecule has 1 saturated heterocycles. The average Bonchev–Trinajstić information content (AvgIpc) is 2.77. The lowest BCUT2D eigenvalue weighted by molar-refractivity contribution is 0.0617. The first-order valence-corrected chi connectivity index (χ1v) is 11.5. The van der Waals surface area contributed by atoms with E-state index < -0.39 is 5.60 Å². The molecule has 5 nitrogen and oxygen atoms in total. The Morgan fingerprint density at radius 3 is 2.37 bits per heavy atom. The molecule has 0 amide bonds. The minimum absolute atomic E-state index is 0. The highest BCUT2D eigenvalue weighted by molar-refractivity contribution is 14.0. The molecule has 0 bridgehead atoms. The van der Waals surface area contributed by atoms with E-state index in [-0.39, 0.29) is 24.0 Å². The van der Waals surface area contributed by atoms with Gasteiger partial charge in [0.1, 0.15) is 5.60 Å². The number of guanidine groups is 1. The van der Waals surface area contributed by atoms with Crippen molar-refractivity contribution in [3.05, 3.63) is 65.7 Å². The summed E-state index contributed by atoms with van der Waals surface area (Å²) in [4.78, 5) is 7.13. The maximum Gasteiger partial charge on any atom is 0.191 e. The number of aliphatic hydroxyl groups is 1. The second kappa shape index (κ2) is 12.4. The highest BCUT2D eigenvalue weighted by atomic mass is 127. The molecule has 0 saturated carbocycles. The smallest absolute Gasteiger partial charge is 0.191 e. The fourth-order valence-electron chi connectivity index (χ4n) is 3.30. The van der Waals surface area contributed by atoms with Crippen LogP contribution in [0.3, 0.4) is 0 Å². The Bertz CT molecular complexity index is 778. The zero-order valence-corrected chi connectivity index (χ0v) is 21.0. The number of nitrogens with zero attached hydrogens (tertiary/aromatic N) is 2. The molecule has 0 aromatic heterocycles. The van der Waals surface area contributed by atoms with E-state index in [1.54, 1.807) is 0 Å². The van der Waals surface area contributed by atoms with Gasteiger partial charge in [0.15, 0.2) is 5.96 Å². The van der Waals surface area contributed by atoms with E-state index in [0.717, 1.165) is 25.2 Å². The summed E-state index contributed by atoms with van der Waals surface area (Å²) in [6, 6.07) is 18.4. The van der Waals surface area contributed by atoms with E-state index in [4.69, 9.17) is 0 Å². The molecule has 1 unspecified atom stereocenters. The number of anilines is 1. The quantitative estimate of drug-likeness (QED) is 0.283. The Labute approximate surface area is 201 Å². The van der Waals surface area contributed by atoms with E-state index in [0.29, 0.717) is 19.0 Å². The van der Waals surface area contributed by atoms with Gasteiger partial charge in [0.25, 0.3) is 0 Å². The van der Waals surface area contributed by atoms with Crippen molar-refractivity contribution < 1.29 is 5.11 Å². The lowest BCUT2D eigenvalue weighted by Crippen LogP contribution is -2.44. The van der Waals surface area contributed by atoms with Gasteiger partial charge in [-0.1, -0.05) is 42.5 Å². The fourth-order valence-corrected chi connectivity index (χ4v) is 4.20. The minimum atomic E-state index is -0.966. The first-order valence-electron chi connectivity index (χ1n) is 10.3. The van der Waals surface area contributed by atoms with Crippen LogP contribution in [0.15, 0.2) is 59.6 Å². The van der Waals surface area contributed by atoms with Crippen LogP contribution < -0.4 is 15.5 Å². The van der Waals surface area contributed by atoms with Crippen LogP contribution in [0.5, 0.6) is 0 Å². The molecule has 1 heterocycles. The summed E-state index contributed by atoms with van der Waals surface area (Å²) >= 11 is 2.03. The second-order valence-corrected chi connectivity index (χ2v) is 8.68. The molecule has 1 atom stereocenters. The van der Waals surface area contributed by atoms with Crippen LogP contribution in [0.1, 0.15) is 25.0 Å². The van der Waals surface area contributed by atoms with Gasteiger partial charge in [-0.3, -0.25) is 0 Å². The molecule has 1 aliphatic rings. The van der Waals surface area contributed by atoms with Crippen LogP contribution >= 0.6 is 35.7 Å². The average molecular weight is 541 g/mol. The summed E-state index contributed by atoms with van der Waals surface area (Å²) in [5.74, 6) is 3.12. The molecule has 2 aromatic rings. The standard InChI is InChI=1S/C23H32N4OS.HI/c1-3-24-22(26-18-23(2,28)20-7-5-4-6-8-20)25-17-19-9-11-21(12-10-19)27-13-15-29-16-14-27;/h4-12,28H,3,13-18H2,1-2H3,(H2,24,25,26);1H. The molecule has 3 N–H and O–H groups in total. The first kappa shape index (κ1) is 24.8. The zero-order valence-electron chi connectivity index (χ0n) is 17.8. The van der Waals surface area contributed by atoms with Crippen molar-refractivity contribution in [3.8, 4) is 0 Å². The Hall–Kier alpha value is -1.45. The largest absolute Gasteiger partial charge is 0.384 e. The van der Waals surface area contributed by atoms with E-state index in [1.165, 1.54) is 22.8 Å². The maximum absolute atomic E-state index is 10.8. The van der Waals surface area contributed by atoms with Crippen molar-refractivity contribution >= 4 is 47.4 Å². The van der Waals surface area contributed by atoms with Crippen LogP contribution in [0.4, 0.5) is 5.69 Å². The Morgan fingerprint density at radius 2 is 1.73 bits per heavy atom. The molecule has 30 heavy (non-hydrogen) atoms. The fraction of sp³-hybridized carbons (Fsp3) is 0.435. The monoisotopic (exact) mass is 540 g/mol. The number of thioether (sulfide) groups is 1. The number of nitrogens with one attached hydrogen (secondary N) is 2. The van der Waals surface area contributed by atoms with Crippen LogP contribution in [-0.2, 0) is 12.1 Å². The lowest BCUT2D eigenvalue weighted by atomic mass is 9.96. The van der Waals surface area contributed by atoms with Crippen LogP contribution in [-0.4, -0.2) is 48.8 Å². The SMILES string of the molecule is CCNC(=NCc1ccc(N2CCSCC2)cc1)NCC(C)(O)c1ccccc1.I. The number of benzene rings is 2. The molecule has 0 aliphatic carbocycles. The third-order valence-corrected chi connectivity index (χ3v) is 6.01. The topological polar surface area (TPSA) is 59.9 Å². The molecule has 0 radical (unpaired) electrons. The maximum atomic E-state index is 10.8. The van der Waals surface area contributed by atoms with Gasteiger partial charge in [-0.2, -0.15) is 11.8 Å². The van der Waals surface area contributed by atoms with Crippen molar-refractivity contribution in [2.24, 2.45) is 4.99 Å². The van der Waals surface area contributed by atoms with E-state index >= 15 is 0 Å². The molecule has 2 aromatic carbocycles. The molecular weight excluding hydrogens is 507 g/mol. The van der Waals surface area contributed by atoms with Crippen molar-refractivity contribution in [1.82, 2.24) is 10.6 Å². The van der Waals surface area contributed by atoms with Gasteiger partial charge in [0.05, 0.1) is 13.1 Å². The Morgan fingerprint density at radius 1 is 1.07 bits per heavy atom. The summed E-state index contributed by atoms with van der Waals surface area (Å²) < 4.78 is 0. The Kier molecular flexibility index (Phi) is 10.3. The summed E-state index contributed by atoms with van der Waals surface area (Å²) in [6.45, 7) is 7.85. The predicted molar refractivity (Wildman–Crippen MR) is 140 cm³/mol. The lowest BCUT2D eigenvalue weighted by Gasteiger charge is -2.28. The van der Waals surface area contributed by atoms with E-state index in [1.807, 2.05) is 55.9 Å². The highest BCUT2D eigenvalue weighted by Crippen LogP contribution is 2.20. The van der Waals surface area contributed by atoms with Crippen LogP contribution in [0, 0.1) is 0 Å². The van der Waals surface area contributed by atoms with Crippen molar-refractivity contribution in [1.29, 1.82) is 0 Å². The third kappa shape index (κ3) is 7.35. The molecule has 164 valence electrons. The van der Waals surface area contributed by atoms with Crippen molar-refractivity contribution in [2.45, 2.75) is 26.0 Å². The van der Waals surface area contributed by atoms with Crippen molar-refractivity contribution in [3.63, 3.8) is 0 Å². The summed E-state index contributed by atoms with van der Waals surface area (Å²) in [7, 11) is 0. The molecular formula is C23H33IN4OS. The van der Waals surface area contributed by atoms with Gasteiger partial charge >= 0.3 is 0 Å². The molecule has 1 aliphatic heterocycles. The van der Waals surface area contributed by atoms with Gasteiger partial charge in [-0.25, -0.2) is 4.99 Å². The normalized spacial score (nSPS) is 16.4. The van der Waals surface area contributed by atoms with Gasteiger partial charge in [-0.15, -0.1) is 24.0 Å². The van der Waals surface area contributed by atoms with Crippen LogP contribution in [0.25, 0.3) is 0 Å². The minimum Gasteiger partial charge on any atom is -0.384 e. The van der Waals surface area contributed by atoms with Crippen molar-refractivity contribution in [2.75, 3.05) is 42.6 Å². The zero-order chi connectivity index (χ0) is 20.5. The first-order chi connectivity index (χ1) is 14.1. The third-order valence-electron chi connectivity index (χ3n) is 5.07. The summed E-state index contributed by atoms with van der Waals surface area (Å²) in [6.07, 6.45) is 0. The number of aliphatic imine (C=N–C) groups is 1. The van der Waals surface area contributed by atoms with Gasteiger partial charge in [-0.05, 0) is 37.1 Å². The molecule has 0 spiro atoms. The summed E-state index contributed by atoms with van der Waals surface area (Å²) in [5, 5.41) is 17.3. The predicted octanol–water partition coefficient (Wildman–Crippen LogP) is 3.82. The second-order valence-electron chi connectivity index (χ2n) is 7.45. The number of halogens is 1. The molecule has 7 heteroatoms. The van der Waals surface area contributed by atoms with Gasteiger partial charge < -0.3 is 20.6 Å². The number of rotatable bonds is 7. The Balaban J connectivity index is 0.00000320. The van der Waals surface area contributed by atoms with E-state index in [2.05, 4.69) is 44.8 Å².